The Morgan fingerprint density at radius 2 is 1.75 bits per heavy atom. The predicted octanol–water partition coefficient (Wildman–Crippen LogP) is 7.04. The Bertz CT molecular complexity index is 975. The number of hydrogen-bond acceptors (Lipinski definition) is 3. The molecule has 1 aromatic heterocycles. The number of hydrogen-bond donors (Lipinski definition) is 0. The first-order chi connectivity index (χ1) is 13.2. The first kappa shape index (κ1) is 20.7. The molecule has 3 rings (SSSR count). The first-order valence-corrected chi connectivity index (χ1v) is 10.4. The van der Waals surface area contributed by atoms with Crippen LogP contribution in [0.4, 0.5) is 4.79 Å². The molecule has 0 fully saturated rings. The quantitative estimate of drug-likeness (QED) is 0.381. The van der Waals surface area contributed by atoms with Gasteiger partial charge in [0.05, 0.1) is 5.69 Å². The molecule has 0 radical (unpaired) electrons. The van der Waals surface area contributed by atoms with Crippen LogP contribution in [0.5, 0.6) is 5.75 Å². The van der Waals surface area contributed by atoms with E-state index >= 15 is 0 Å². The van der Waals surface area contributed by atoms with Crippen LogP contribution in [0.3, 0.4) is 0 Å². The normalized spacial score (nSPS) is 11.3. The van der Waals surface area contributed by atoms with Crippen molar-refractivity contribution >= 4 is 38.0 Å². The third kappa shape index (κ3) is 5.26. The molecule has 28 heavy (non-hydrogen) atoms. The molecule has 0 unspecified atom stereocenters. The fraction of sp³-hybridized carbons (Fsp3) is 0.227. The van der Waals surface area contributed by atoms with Gasteiger partial charge < -0.3 is 9.47 Å². The summed E-state index contributed by atoms with van der Waals surface area (Å²) in [6, 6.07) is 17.6. The van der Waals surface area contributed by atoms with Crippen LogP contribution in [0, 0.1) is 0 Å². The number of carbonyl (C=O) groups is 1. The highest BCUT2D eigenvalue weighted by molar-refractivity contribution is 9.10. The lowest BCUT2D eigenvalue weighted by atomic mass is 10.1. The zero-order chi connectivity index (χ0) is 20.3. The van der Waals surface area contributed by atoms with Gasteiger partial charge in [-0.15, -0.1) is 0 Å². The average Bonchev–Trinajstić information content (AvgIpc) is 3.02. The third-order valence-electron chi connectivity index (χ3n) is 3.84. The van der Waals surface area contributed by atoms with Gasteiger partial charge in [0.1, 0.15) is 18.0 Å². The van der Waals surface area contributed by atoms with Gasteiger partial charge in [-0.25, -0.2) is 4.79 Å². The molecule has 1 heterocycles. The van der Waals surface area contributed by atoms with Crippen molar-refractivity contribution in [2.75, 3.05) is 0 Å². The minimum atomic E-state index is -0.580. The van der Waals surface area contributed by atoms with E-state index in [0.29, 0.717) is 12.3 Å². The molecule has 0 aliphatic heterocycles. The third-order valence-corrected chi connectivity index (χ3v) is 4.96. The minimum Gasteiger partial charge on any atom is -0.489 e. The van der Waals surface area contributed by atoms with Crippen molar-refractivity contribution in [3.8, 4) is 17.0 Å². The van der Waals surface area contributed by atoms with E-state index in [1.165, 1.54) is 4.57 Å². The summed E-state index contributed by atoms with van der Waals surface area (Å²) in [6.07, 6.45) is 1.27. The maximum atomic E-state index is 12.6. The Morgan fingerprint density at radius 1 is 1.04 bits per heavy atom. The van der Waals surface area contributed by atoms with Gasteiger partial charge in [-0.3, -0.25) is 4.57 Å². The smallest absolute Gasteiger partial charge is 0.419 e. The summed E-state index contributed by atoms with van der Waals surface area (Å²) in [5.74, 6) is 0.718. The number of halogens is 2. The Balaban J connectivity index is 1.90. The highest BCUT2D eigenvalue weighted by atomic mass is 79.9. The molecule has 0 aliphatic carbocycles. The van der Waals surface area contributed by atoms with Gasteiger partial charge in [0.25, 0.3) is 0 Å². The summed E-state index contributed by atoms with van der Waals surface area (Å²) < 4.78 is 14.6. The second kappa shape index (κ2) is 8.53. The van der Waals surface area contributed by atoms with Gasteiger partial charge >= 0.3 is 6.09 Å². The lowest BCUT2D eigenvalue weighted by Crippen LogP contribution is -2.27. The van der Waals surface area contributed by atoms with Crippen LogP contribution in [-0.4, -0.2) is 16.3 Å². The molecule has 0 spiro atoms. The van der Waals surface area contributed by atoms with Crippen molar-refractivity contribution in [3.05, 3.63) is 75.3 Å². The second-order valence-corrected chi connectivity index (χ2v) is 9.08. The van der Waals surface area contributed by atoms with E-state index in [4.69, 9.17) is 9.47 Å². The summed E-state index contributed by atoms with van der Waals surface area (Å²) in [6.45, 7) is 6.00. The second-order valence-electron chi connectivity index (χ2n) is 7.31. The number of carbonyl (C=O) groups excluding carboxylic acids is 1. The van der Waals surface area contributed by atoms with Crippen molar-refractivity contribution in [3.63, 3.8) is 0 Å². The SMILES string of the molecule is CC(C)(C)OC(=O)n1cc(Br)cc1-c1cc(OCc2ccccc2)ccc1Br. The van der Waals surface area contributed by atoms with Crippen LogP contribution in [-0.2, 0) is 11.3 Å². The lowest BCUT2D eigenvalue weighted by Gasteiger charge is -2.20. The summed E-state index contributed by atoms with van der Waals surface area (Å²) in [5, 5.41) is 0. The Hall–Kier alpha value is -2.05. The number of aromatic nitrogens is 1. The van der Waals surface area contributed by atoms with E-state index in [9.17, 15) is 4.79 Å². The Labute approximate surface area is 181 Å². The van der Waals surface area contributed by atoms with Crippen molar-refractivity contribution in [2.45, 2.75) is 33.0 Å². The molecule has 146 valence electrons. The molecule has 0 saturated carbocycles. The van der Waals surface area contributed by atoms with Crippen LogP contribution in [0.15, 0.2) is 69.7 Å². The van der Waals surface area contributed by atoms with Gasteiger partial charge in [-0.05, 0) is 66.5 Å². The first-order valence-electron chi connectivity index (χ1n) is 8.81. The number of rotatable bonds is 4. The van der Waals surface area contributed by atoms with Crippen molar-refractivity contribution in [1.82, 2.24) is 4.57 Å². The number of ether oxygens (including phenoxy) is 2. The highest BCUT2D eigenvalue weighted by Crippen LogP contribution is 2.35. The fourth-order valence-corrected chi connectivity index (χ4v) is 3.50. The standard InChI is InChI=1S/C22H21Br2NO3/c1-22(2,3)28-21(26)25-13-16(23)11-20(25)18-12-17(9-10-19(18)24)27-14-15-7-5-4-6-8-15/h4-13H,14H2,1-3H3. The van der Waals surface area contributed by atoms with Crippen LogP contribution in [0.2, 0.25) is 0 Å². The van der Waals surface area contributed by atoms with E-state index in [-0.39, 0.29) is 0 Å². The van der Waals surface area contributed by atoms with Crippen molar-refractivity contribution in [1.29, 1.82) is 0 Å². The predicted molar refractivity (Wildman–Crippen MR) is 118 cm³/mol. The lowest BCUT2D eigenvalue weighted by molar-refractivity contribution is 0.0540. The van der Waals surface area contributed by atoms with Crippen LogP contribution < -0.4 is 4.74 Å². The van der Waals surface area contributed by atoms with E-state index < -0.39 is 11.7 Å². The Morgan fingerprint density at radius 3 is 2.43 bits per heavy atom. The molecular formula is C22H21Br2NO3. The topological polar surface area (TPSA) is 40.5 Å². The number of nitrogens with zero attached hydrogens (tertiary/aromatic N) is 1. The van der Waals surface area contributed by atoms with E-state index in [2.05, 4.69) is 31.9 Å². The van der Waals surface area contributed by atoms with Crippen molar-refractivity contribution in [2.24, 2.45) is 0 Å². The van der Waals surface area contributed by atoms with E-state index in [1.54, 1.807) is 6.20 Å². The largest absolute Gasteiger partial charge is 0.489 e. The zero-order valence-corrected chi connectivity index (χ0v) is 19.1. The zero-order valence-electron chi connectivity index (χ0n) is 15.9. The summed E-state index contributed by atoms with van der Waals surface area (Å²) >= 11 is 7.04. The molecule has 0 atom stereocenters. The Kier molecular flexibility index (Phi) is 6.30. The molecule has 0 N–H and O–H groups in total. The molecular weight excluding hydrogens is 486 g/mol. The molecule has 0 bridgehead atoms. The van der Waals surface area contributed by atoms with E-state index in [0.717, 1.165) is 25.8 Å². The number of benzene rings is 2. The molecule has 0 amide bonds. The van der Waals surface area contributed by atoms with Crippen LogP contribution in [0.25, 0.3) is 11.3 Å². The molecule has 0 aliphatic rings. The average molecular weight is 507 g/mol. The van der Waals surface area contributed by atoms with Crippen LogP contribution in [0.1, 0.15) is 26.3 Å². The van der Waals surface area contributed by atoms with Gasteiger partial charge in [0, 0.05) is 20.7 Å². The molecule has 4 nitrogen and oxygen atoms in total. The van der Waals surface area contributed by atoms with Crippen LogP contribution >= 0.6 is 31.9 Å². The van der Waals surface area contributed by atoms with Gasteiger partial charge in [0.2, 0.25) is 0 Å². The maximum absolute atomic E-state index is 12.6. The van der Waals surface area contributed by atoms with E-state index in [1.807, 2.05) is 75.4 Å². The summed E-state index contributed by atoms with van der Waals surface area (Å²) in [7, 11) is 0. The molecule has 3 aromatic rings. The molecule has 0 saturated heterocycles. The minimum absolute atomic E-state index is 0.435. The molecule has 2 aromatic carbocycles. The maximum Gasteiger partial charge on any atom is 0.419 e. The van der Waals surface area contributed by atoms with Gasteiger partial charge in [0.15, 0.2) is 0 Å². The molecule has 6 heteroatoms. The fourth-order valence-electron chi connectivity index (χ4n) is 2.63. The van der Waals surface area contributed by atoms with Crippen molar-refractivity contribution < 1.29 is 14.3 Å². The summed E-state index contributed by atoms with van der Waals surface area (Å²) in [5.41, 5.74) is 2.05. The summed E-state index contributed by atoms with van der Waals surface area (Å²) in [4.78, 5) is 12.6. The van der Waals surface area contributed by atoms with Gasteiger partial charge in [-0.2, -0.15) is 0 Å². The van der Waals surface area contributed by atoms with Gasteiger partial charge in [-0.1, -0.05) is 46.3 Å². The monoisotopic (exact) mass is 505 g/mol. The highest BCUT2D eigenvalue weighted by Gasteiger charge is 2.22.